The van der Waals surface area contributed by atoms with Crippen molar-refractivity contribution in [2.75, 3.05) is 19.7 Å². The molecule has 0 bridgehead atoms. The first-order chi connectivity index (χ1) is 12.2. The highest BCUT2D eigenvalue weighted by atomic mass is 16.5. The van der Waals surface area contributed by atoms with E-state index in [0.717, 1.165) is 37.2 Å². The summed E-state index contributed by atoms with van der Waals surface area (Å²) in [4.78, 5) is 33.4. The summed E-state index contributed by atoms with van der Waals surface area (Å²) in [5.74, 6) is 0.482. The lowest BCUT2D eigenvalue weighted by Gasteiger charge is -2.30. The zero-order valence-corrected chi connectivity index (χ0v) is 14.4. The molecule has 0 aliphatic carbocycles. The lowest BCUT2D eigenvalue weighted by Crippen LogP contribution is -2.37. The number of benzene rings is 1. The van der Waals surface area contributed by atoms with Crippen LogP contribution in [0.1, 0.15) is 25.5 Å². The van der Waals surface area contributed by atoms with Gasteiger partial charge in [0.15, 0.2) is 0 Å². The van der Waals surface area contributed by atoms with Crippen LogP contribution in [0.2, 0.25) is 0 Å². The normalized spacial score (nSPS) is 15.9. The number of rotatable bonds is 5. The second-order valence-corrected chi connectivity index (χ2v) is 6.25. The van der Waals surface area contributed by atoms with Crippen LogP contribution >= 0.6 is 0 Å². The zero-order chi connectivity index (χ0) is 17.6. The van der Waals surface area contributed by atoms with Crippen molar-refractivity contribution in [1.82, 2.24) is 14.9 Å². The number of H-pyrrole nitrogens is 1. The molecule has 0 saturated carbocycles. The number of carbonyl (C=O) groups is 1. The molecule has 0 unspecified atom stereocenters. The topological polar surface area (TPSA) is 75.3 Å². The van der Waals surface area contributed by atoms with Crippen molar-refractivity contribution in [3.63, 3.8) is 0 Å². The molecule has 1 aromatic carbocycles. The summed E-state index contributed by atoms with van der Waals surface area (Å²) in [6, 6.07) is 11.2. The van der Waals surface area contributed by atoms with Crippen molar-refractivity contribution >= 4 is 5.97 Å². The van der Waals surface area contributed by atoms with Crippen molar-refractivity contribution < 1.29 is 9.53 Å². The Morgan fingerprint density at radius 2 is 2.00 bits per heavy atom. The number of hydrogen-bond donors (Lipinski definition) is 1. The lowest BCUT2D eigenvalue weighted by molar-refractivity contribution is -0.149. The van der Waals surface area contributed by atoms with Gasteiger partial charge in [-0.2, -0.15) is 0 Å². The molecule has 0 atom stereocenters. The molecule has 132 valence electrons. The molecule has 1 saturated heterocycles. The number of ether oxygens (including phenoxy) is 1. The third-order valence-electron chi connectivity index (χ3n) is 4.44. The number of likely N-dealkylation sites (tertiary alicyclic amines) is 1. The molecule has 3 rings (SSSR count). The number of hydrogen-bond acceptors (Lipinski definition) is 5. The van der Waals surface area contributed by atoms with E-state index in [-0.39, 0.29) is 17.4 Å². The van der Waals surface area contributed by atoms with Crippen molar-refractivity contribution in [1.29, 1.82) is 0 Å². The van der Waals surface area contributed by atoms with Gasteiger partial charge in [-0.25, -0.2) is 4.98 Å². The standard InChI is InChI=1S/C19H23N3O3/c1-2-25-19(24)15-8-10-22(11-9-15)13-16-12-17(23)21-18(20-16)14-6-4-3-5-7-14/h3-7,12,15H,2,8-11,13H2,1H3,(H,20,21,23). The van der Waals surface area contributed by atoms with Crippen LogP contribution in [0, 0.1) is 5.92 Å². The summed E-state index contributed by atoms with van der Waals surface area (Å²) in [6.45, 7) is 4.48. The fourth-order valence-corrected chi connectivity index (χ4v) is 3.14. The Kier molecular flexibility index (Phi) is 5.60. The second kappa shape index (κ2) is 8.07. The molecule has 0 radical (unpaired) electrons. The first-order valence-corrected chi connectivity index (χ1v) is 8.70. The van der Waals surface area contributed by atoms with Gasteiger partial charge in [0.2, 0.25) is 0 Å². The summed E-state index contributed by atoms with van der Waals surface area (Å²) in [6.07, 6.45) is 1.57. The van der Waals surface area contributed by atoms with Crippen LogP contribution in [0.3, 0.4) is 0 Å². The largest absolute Gasteiger partial charge is 0.466 e. The van der Waals surface area contributed by atoms with Crippen LogP contribution < -0.4 is 5.56 Å². The van der Waals surface area contributed by atoms with Crippen LogP contribution in [-0.2, 0) is 16.1 Å². The van der Waals surface area contributed by atoms with Gasteiger partial charge in [0.05, 0.1) is 18.2 Å². The van der Waals surface area contributed by atoms with E-state index in [0.29, 0.717) is 19.0 Å². The monoisotopic (exact) mass is 341 g/mol. The van der Waals surface area contributed by atoms with Crippen molar-refractivity contribution in [3.8, 4) is 11.4 Å². The van der Waals surface area contributed by atoms with Crippen LogP contribution in [0.25, 0.3) is 11.4 Å². The highest BCUT2D eigenvalue weighted by molar-refractivity contribution is 5.72. The Balaban J connectivity index is 1.65. The van der Waals surface area contributed by atoms with Crippen molar-refractivity contribution in [2.45, 2.75) is 26.3 Å². The quantitative estimate of drug-likeness (QED) is 0.844. The minimum atomic E-state index is -0.148. The first kappa shape index (κ1) is 17.4. The van der Waals surface area contributed by atoms with Crippen LogP contribution in [0.4, 0.5) is 0 Å². The lowest BCUT2D eigenvalue weighted by atomic mass is 9.97. The molecule has 1 fully saturated rings. The number of carbonyl (C=O) groups excluding carboxylic acids is 1. The third-order valence-corrected chi connectivity index (χ3v) is 4.44. The summed E-state index contributed by atoms with van der Waals surface area (Å²) in [5.41, 5.74) is 1.49. The van der Waals surface area contributed by atoms with Gasteiger partial charge in [0.1, 0.15) is 5.82 Å². The van der Waals surface area contributed by atoms with Gasteiger partial charge in [-0.05, 0) is 32.9 Å². The van der Waals surface area contributed by atoms with E-state index in [1.807, 2.05) is 37.3 Å². The highest BCUT2D eigenvalue weighted by Gasteiger charge is 2.26. The number of aromatic amines is 1. The third kappa shape index (κ3) is 4.54. The second-order valence-electron chi connectivity index (χ2n) is 6.25. The van der Waals surface area contributed by atoms with Gasteiger partial charge in [0.25, 0.3) is 5.56 Å². The fourth-order valence-electron chi connectivity index (χ4n) is 3.14. The molecule has 6 nitrogen and oxygen atoms in total. The minimum Gasteiger partial charge on any atom is -0.466 e. The summed E-state index contributed by atoms with van der Waals surface area (Å²) in [7, 11) is 0. The molecule has 6 heteroatoms. The summed E-state index contributed by atoms with van der Waals surface area (Å²) >= 11 is 0. The van der Waals surface area contributed by atoms with E-state index in [1.54, 1.807) is 6.07 Å². The highest BCUT2D eigenvalue weighted by Crippen LogP contribution is 2.20. The molecule has 1 aliphatic heterocycles. The van der Waals surface area contributed by atoms with E-state index in [9.17, 15) is 9.59 Å². The maximum atomic E-state index is 12.0. The Labute approximate surface area is 146 Å². The van der Waals surface area contributed by atoms with E-state index < -0.39 is 0 Å². The molecule has 1 aliphatic rings. The van der Waals surface area contributed by atoms with Gasteiger partial charge >= 0.3 is 5.97 Å². The molecule has 1 aromatic heterocycles. The molecule has 2 heterocycles. The summed E-state index contributed by atoms with van der Waals surface area (Å²) in [5, 5.41) is 0. The van der Waals surface area contributed by atoms with E-state index in [4.69, 9.17) is 4.74 Å². The average molecular weight is 341 g/mol. The van der Waals surface area contributed by atoms with E-state index >= 15 is 0 Å². The first-order valence-electron chi connectivity index (χ1n) is 8.70. The number of nitrogens with zero attached hydrogens (tertiary/aromatic N) is 2. The Bertz CT molecular complexity index is 765. The number of piperidine rings is 1. The van der Waals surface area contributed by atoms with Crippen LogP contribution in [-0.4, -0.2) is 40.5 Å². The predicted octanol–water partition coefficient (Wildman–Crippen LogP) is 2.21. The summed E-state index contributed by atoms with van der Waals surface area (Å²) < 4.78 is 5.10. The van der Waals surface area contributed by atoms with Crippen LogP contribution in [0.15, 0.2) is 41.2 Å². The van der Waals surface area contributed by atoms with Gasteiger partial charge in [-0.15, -0.1) is 0 Å². The van der Waals surface area contributed by atoms with Crippen molar-refractivity contribution in [2.24, 2.45) is 5.92 Å². The molecule has 0 spiro atoms. The van der Waals surface area contributed by atoms with E-state index in [1.165, 1.54) is 0 Å². The molecule has 2 aromatic rings. The van der Waals surface area contributed by atoms with Gasteiger partial charge in [-0.3, -0.25) is 14.5 Å². The Hall–Kier alpha value is -2.47. The van der Waals surface area contributed by atoms with Crippen molar-refractivity contribution in [3.05, 3.63) is 52.4 Å². The number of nitrogens with one attached hydrogen (secondary N) is 1. The maximum Gasteiger partial charge on any atom is 0.309 e. The van der Waals surface area contributed by atoms with Gasteiger partial charge < -0.3 is 9.72 Å². The molecular formula is C19H23N3O3. The molecule has 0 amide bonds. The Morgan fingerprint density at radius 1 is 1.28 bits per heavy atom. The maximum absolute atomic E-state index is 12.0. The predicted molar refractivity (Wildman–Crippen MR) is 94.9 cm³/mol. The van der Waals surface area contributed by atoms with Gasteiger partial charge in [-0.1, -0.05) is 30.3 Å². The van der Waals surface area contributed by atoms with Crippen LogP contribution in [0.5, 0.6) is 0 Å². The minimum absolute atomic E-state index is 0.0109. The average Bonchev–Trinajstić information content (AvgIpc) is 2.63. The number of esters is 1. The smallest absolute Gasteiger partial charge is 0.309 e. The van der Waals surface area contributed by atoms with E-state index in [2.05, 4.69) is 14.9 Å². The fraction of sp³-hybridized carbons (Fsp3) is 0.421. The Morgan fingerprint density at radius 3 is 2.68 bits per heavy atom. The molecular weight excluding hydrogens is 318 g/mol. The SMILES string of the molecule is CCOC(=O)C1CCN(Cc2cc(=O)[nH]c(-c3ccccc3)n2)CC1. The number of aromatic nitrogens is 2. The molecule has 1 N–H and O–H groups in total. The van der Waals surface area contributed by atoms with Gasteiger partial charge in [0, 0.05) is 18.2 Å². The zero-order valence-electron chi connectivity index (χ0n) is 14.4. The molecule has 25 heavy (non-hydrogen) atoms.